The second-order valence-corrected chi connectivity index (χ2v) is 7.57. The van der Waals surface area contributed by atoms with Crippen molar-refractivity contribution in [1.82, 2.24) is 30.0 Å². The van der Waals surface area contributed by atoms with Gasteiger partial charge in [0.2, 0.25) is 5.91 Å². The van der Waals surface area contributed by atoms with Gasteiger partial charge in [-0.25, -0.2) is 23.8 Å². The smallest absolute Gasteiger partial charge is 0.321 e. The standard InChI is InChI=1S/C22H24FN7O2/c23-19-4-2-1-3-16(19)7-10-25-21(31)17-8-11-29(12-9-17)22(32)28-18-5-6-20(26-13-18)30-15-24-14-27-30/h1-6,13-15,17H,7-12H2,(H,25,31)(H,28,32). The van der Waals surface area contributed by atoms with E-state index in [0.29, 0.717) is 56.0 Å². The predicted molar refractivity (Wildman–Crippen MR) is 116 cm³/mol. The number of benzene rings is 1. The molecule has 0 aliphatic carbocycles. The molecule has 9 nitrogen and oxygen atoms in total. The highest BCUT2D eigenvalue weighted by molar-refractivity contribution is 5.89. The molecule has 1 aromatic carbocycles. The molecule has 0 unspecified atom stereocenters. The monoisotopic (exact) mass is 437 g/mol. The maximum absolute atomic E-state index is 13.7. The Kier molecular flexibility index (Phi) is 6.69. The van der Waals surface area contributed by atoms with Crippen LogP contribution in [0.1, 0.15) is 18.4 Å². The Morgan fingerprint density at radius 3 is 2.62 bits per heavy atom. The molecule has 0 saturated carbocycles. The van der Waals surface area contributed by atoms with Crippen LogP contribution in [0.5, 0.6) is 0 Å². The van der Waals surface area contributed by atoms with E-state index in [9.17, 15) is 14.0 Å². The van der Waals surface area contributed by atoms with E-state index in [1.54, 1.807) is 47.8 Å². The highest BCUT2D eigenvalue weighted by atomic mass is 19.1. The molecule has 10 heteroatoms. The van der Waals surface area contributed by atoms with E-state index >= 15 is 0 Å². The summed E-state index contributed by atoms with van der Waals surface area (Å²) in [5.74, 6) is 0.143. The van der Waals surface area contributed by atoms with Gasteiger partial charge in [0.25, 0.3) is 0 Å². The first-order chi connectivity index (χ1) is 15.6. The van der Waals surface area contributed by atoms with Crippen LogP contribution >= 0.6 is 0 Å². The molecule has 1 aliphatic heterocycles. The lowest BCUT2D eigenvalue weighted by atomic mass is 9.96. The number of aromatic nitrogens is 4. The number of urea groups is 1. The normalized spacial score (nSPS) is 14.2. The Morgan fingerprint density at radius 1 is 1.12 bits per heavy atom. The molecule has 4 rings (SSSR count). The molecule has 1 fully saturated rings. The van der Waals surface area contributed by atoms with E-state index in [1.165, 1.54) is 17.1 Å². The average molecular weight is 437 g/mol. The number of nitrogens with one attached hydrogen (secondary N) is 2. The molecule has 2 N–H and O–H groups in total. The molecule has 3 amide bonds. The van der Waals surface area contributed by atoms with Crippen LogP contribution in [0.2, 0.25) is 0 Å². The molecule has 0 spiro atoms. The number of likely N-dealkylation sites (tertiary alicyclic amines) is 1. The molecule has 1 saturated heterocycles. The summed E-state index contributed by atoms with van der Waals surface area (Å²) in [6.07, 6.45) is 6.14. The Hall–Kier alpha value is -3.82. The van der Waals surface area contributed by atoms with Crippen LogP contribution < -0.4 is 10.6 Å². The van der Waals surface area contributed by atoms with Crippen molar-refractivity contribution in [2.24, 2.45) is 5.92 Å². The van der Waals surface area contributed by atoms with Crippen molar-refractivity contribution in [2.45, 2.75) is 19.3 Å². The number of amides is 3. The number of hydrogen-bond donors (Lipinski definition) is 2. The summed E-state index contributed by atoms with van der Waals surface area (Å²) in [6.45, 7) is 1.36. The van der Waals surface area contributed by atoms with Crippen molar-refractivity contribution in [3.8, 4) is 5.82 Å². The first-order valence-electron chi connectivity index (χ1n) is 10.5. The molecule has 2 aromatic heterocycles. The van der Waals surface area contributed by atoms with Gasteiger partial charge in [0.15, 0.2) is 5.82 Å². The predicted octanol–water partition coefficient (Wildman–Crippen LogP) is 2.40. The average Bonchev–Trinajstić information content (AvgIpc) is 3.36. The van der Waals surface area contributed by atoms with E-state index in [4.69, 9.17) is 0 Å². The number of nitrogens with zero attached hydrogens (tertiary/aromatic N) is 5. The molecule has 3 heterocycles. The first-order valence-corrected chi connectivity index (χ1v) is 10.5. The molecular formula is C22H24FN7O2. The number of carbonyl (C=O) groups is 2. The van der Waals surface area contributed by atoms with E-state index < -0.39 is 0 Å². The SMILES string of the molecule is O=C(NCCc1ccccc1F)C1CCN(C(=O)Nc2ccc(-n3cncn3)nc2)CC1. The number of rotatable bonds is 6. The van der Waals surface area contributed by atoms with Crippen LogP contribution in [0.4, 0.5) is 14.9 Å². The van der Waals surface area contributed by atoms with Crippen molar-refractivity contribution < 1.29 is 14.0 Å². The van der Waals surface area contributed by atoms with Crippen LogP contribution in [0.15, 0.2) is 55.2 Å². The summed E-state index contributed by atoms with van der Waals surface area (Å²) < 4.78 is 15.2. The van der Waals surface area contributed by atoms with E-state index in [2.05, 4.69) is 25.7 Å². The van der Waals surface area contributed by atoms with E-state index in [0.717, 1.165) is 0 Å². The maximum atomic E-state index is 13.7. The lowest BCUT2D eigenvalue weighted by molar-refractivity contribution is -0.126. The molecule has 3 aromatic rings. The molecule has 166 valence electrons. The van der Waals surface area contributed by atoms with Crippen molar-refractivity contribution in [2.75, 3.05) is 25.0 Å². The van der Waals surface area contributed by atoms with Gasteiger partial charge < -0.3 is 15.5 Å². The molecule has 0 bridgehead atoms. The molecule has 32 heavy (non-hydrogen) atoms. The lowest BCUT2D eigenvalue weighted by Gasteiger charge is -2.31. The topological polar surface area (TPSA) is 105 Å². The van der Waals surface area contributed by atoms with E-state index in [-0.39, 0.29) is 23.7 Å². The van der Waals surface area contributed by atoms with Crippen LogP contribution in [0, 0.1) is 11.7 Å². The number of piperidine rings is 1. The van der Waals surface area contributed by atoms with Gasteiger partial charge in [-0.2, -0.15) is 5.10 Å². The second kappa shape index (κ2) is 9.99. The quantitative estimate of drug-likeness (QED) is 0.616. The molecule has 1 aliphatic rings. The number of pyridine rings is 1. The van der Waals surface area contributed by atoms with Crippen LogP contribution in [0.3, 0.4) is 0 Å². The van der Waals surface area contributed by atoms with Crippen molar-refractivity contribution in [3.63, 3.8) is 0 Å². The first kappa shape index (κ1) is 21.4. The number of hydrogen-bond acceptors (Lipinski definition) is 5. The fourth-order valence-electron chi connectivity index (χ4n) is 3.64. The summed E-state index contributed by atoms with van der Waals surface area (Å²) in [6, 6.07) is 9.82. The van der Waals surface area contributed by atoms with Gasteiger partial charge in [0, 0.05) is 25.6 Å². The third kappa shape index (κ3) is 5.26. The minimum absolute atomic E-state index is 0.0469. The Bertz CT molecular complexity index is 1050. The zero-order chi connectivity index (χ0) is 22.3. The Morgan fingerprint density at radius 2 is 1.94 bits per heavy atom. The molecule has 0 atom stereocenters. The number of anilines is 1. The van der Waals surface area contributed by atoms with E-state index in [1.807, 2.05) is 0 Å². The highest BCUT2D eigenvalue weighted by Crippen LogP contribution is 2.19. The largest absolute Gasteiger partial charge is 0.356 e. The van der Waals surface area contributed by atoms with Gasteiger partial charge in [0.1, 0.15) is 18.5 Å². The third-order valence-corrected chi connectivity index (χ3v) is 5.46. The second-order valence-electron chi connectivity index (χ2n) is 7.57. The Labute approximate surface area is 184 Å². The Balaban J connectivity index is 1.20. The fraction of sp³-hybridized carbons (Fsp3) is 0.318. The highest BCUT2D eigenvalue weighted by Gasteiger charge is 2.27. The van der Waals surface area contributed by atoms with Gasteiger partial charge in [-0.05, 0) is 43.0 Å². The number of halogens is 1. The van der Waals surface area contributed by atoms with Gasteiger partial charge in [0.05, 0.1) is 11.9 Å². The summed E-state index contributed by atoms with van der Waals surface area (Å²) in [7, 11) is 0. The zero-order valence-corrected chi connectivity index (χ0v) is 17.4. The molecular weight excluding hydrogens is 413 g/mol. The summed E-state index contributed by atoms with van der Waals surface area (Å²) in [5.41, 5.74) is 1.16. The van der Waals surface area contributed by atoms with Crippen molar-refractivity contribution in [1.29, 1.82) is 0 Å². The minimum Gasteiger partial charge on any atom is -0.356 e. The lowest BCUT2D eigenvalue weighted by Crippen LogP contribution is -2.44. The zero-order valence-electron chi connectivity index (χ0n) is 17.4. The van der Waals surface area contributed by atoms with Crippen molar-refractivity contribution in [3.05, 3.63) is 66.6 Å². The van der Waals surface area contributed by atoms with Gasteiger partial charge in [-0.15, -0.1) is 0 Å². The minimum atomic E-state index is -0.260. The van der Waals surface area contributed by atoms with Gasteiger partial charge in [-0.3, -0.25) is 4.79 Å². The fourth-order valence-corrected chi connectivity index (χ4v) is 3.64. The summed E-state index contributed by atoms with van der Waals surface area (Å²) >= 11 is 0. The molecule has 0 radical (unpaired) electrons. The van der Waals surface area contributed by atoms with Crippen LogP contribution in [-0.4, -0.2) is 56.2 Å². The van der Waals surface area contributed by atoms with Crippen LogP contribution in [-0.2, 0) is 11.2 Å². The summed E-state index contributed by atoms with van der Waals surface area (Å²) in [5, 5.41) is 9.72. The third-order valence-electron chi connectivity index (χ3n) is 5.46. The maximum Gasteiger partial charge on any atom is 0.321 e. The van der Waals surface area contributed by atoms with Crippen molar-refractivity contribution >= 4 is 17.6 Å². The van der Waals surface area contributed by atoms with Crippen LogP contribution in [0.25, 0.3) is 5.82 Å². The van der Waals surface area contributed by atoms with Gasteiger partial charge >= 0.3 is 6.03 Å². The van der Waals surface area contributed by atoms with Gasteiger partial charge in [-0.1, -0.05) is 18.2 Å². The summed E-state index contributed by atoms with van der Waals surface area (Å²) in [4.78, 5) is 34.8. The number of carbonyl (C=O) groups excluding carboxylic acids is 2.